The van der Waals surface area contributed by atoms with Crippen LogP contribution in [0.2, 0.25) is 0 Å². The summed E-state index contributed by atoms with van der Waals surface area (Å²) in [4.78, 5) is 24.4. The fraction of sp³-hybridized carbons (Fsp3) is 0.600. The van der Waals surface area contributed by atoms with Crippen LogP contribution in [0, 0.1) is 12.8 Å². The zero-order valence-corrected chi connectivity index (χ0v) is 16.7. The molecule has 0 fully saturated rings. The molecule has 2 amide bonds. The smallest absolute Gasteiger partial charge is 0.408 e. The first-order valence-corrected chi connectivity index (χ1v) is 9.14. The van der Waals surface area contributed by atoms with Gasteiger partial charge in [0.25, 0.3) is 0 Å². The molecule has 0 heterocycles. The summed E-state index contributed by atoms with van der Waals surface area (Å²) >= 11 is 0. The lowest BCUT2D eigenvalue weighted by Gasteiger charge is -2.23. The third-order valence-electron chi connectivity index (χ3n) is 3.57. The monoisotopic (exact) mass is 364 g/mol. The molecule has 2 unspecified atom stereocenters. The number of amides is 2. The van der Waals surface area contributed by atoms with Crippen LogP contribution < -0.4 is 15.4 Å². The van der Waals surface area contributed by atoms with Crippen molar-refractivity contribution in [1.29, 1.82) is 0 Å². The number of alkyl carbamates (subject to hydrolysis) is 1. The Kier molecular flexibility index (Phi) is 8.96. The van der Waals surface area contributed by atoms with E-state index >= 15 is 0 Å². The highest BCUT2D eigenvalue weighted by molar-refractivity contribution is 5.85. The molecule has 0 saturated carbocycles. The van der Waals surface area contributed by atoms with Crippen molar-refractivity contribution in [2.24, 2.45) is 5.92 Å². The highest BCUT2D eigenvalue weighted by Crippen LogP contribution is 2.12. The number of aryl methyl sites for hydroxylation is 1. The summed E-state index contributed by atoms with van der Waals surface area (Å²) in [5, 5.41) is 5.54. The summed E-state index contributed by atoms with van der Waals surface area (Å²) in [5.74, 6) is 0.776. The van der Waals surface area contributed by atoms with Crippen molar-refractivity contribution in [2.45, 2.75) is 66.2 Å². The van der Waals surface area contributed by atoms with Crippen LogP contribution in [0.25, 0.3) is 0 Å². The summed E-state index contributed by atoms with van der Waals surface area (Å²) in [7, 11) is 0. The summed E-state index contributed by atoms with van der Waals surface area (Å²) in [6.07, 6.45) is -0.283. The summed E-state index contributed by atoms with van der Waals surface area (Å²) in [5.41, 5.74) is 1.16. The van der Waals surface area contributed by atoms with Gasteiger partial charge in [0, 0.05) is 0 Å². The molecule has 26 heavy (non-hydrogen) atoms. The van der Waals surface area contributed by atoms with E-state index in [1.807, 2.05) is 52.0 Å². The van der Waals surface area contributed by atoms with Gasteiger partial charge in [-0.3, -0.25) is 4.79 Å². The summed E-state index contributed by atoms with van der Waals surface area (Å²) < 4.78 is 10.8. The molecule has 6 heteroatoms. The molecule has 146 valence electrons. The minimum Gasteiger partial charge on any atom is -0.491 e. The van der Waals surface area contributed by atoms with E-state index < -0.39 is 12.1 Å². The van der Waals surface area contributed by atoms with Crippen LogP contribution in [0.15, 0.2) is 24.3 Å². The number of hydrogen-bond acceptors (Lipinski definition) is 4. The number of carbonyl (C=O) groups excluding carboxylic acids is 2. The van der Waals surface area contributed by atoms with Crippen LogP contribution >= 0.6 is 0 Å². The van der Waals surface area contributed by atoms with E-state index in [9.17, 15) is 9.59 Å². The van der Waals surface area contributed by atoms with Crippen molar-refractivity contribution in [3.05, 3.63) is 29.8 Å². The van der Waals surface area contributed by atoms with E-state index in [4.69, 9.17) is 9.47 Å². The van der Waals surface area contributed by atoms with Crippen LogP contribution in [0.3, 0.4) is 0 Å². The molecular weight excluding hydrogens is 332 g/mol. The van der Waals surface area contributed by atoms with Gasteiger partial charge in [-0.05, 0) is 52.2 Å². The largest absolute Gasteiger partial charge is 0.491 e. The van der Waals surface area contributed by atoms with Crippen LogP contribution in [-0.4, -0.2) is 36.8 Å². The third kappa shape index (κ3) is 8.74. The van der Waals surface area contributed by atoms with Gasteiger partial charge in [-0.25, -0.2) is 4.79 Å². The van der Waals surface area contributed by atoms with Gasteiger partial charge in [0.15, 0.2) is 0 Å². The first-order chi connectivity index (χ1) is 12.2. The maximum absolute atomic E-state index is 12.5. The fourth-order valence-electron chi connectivity index (χ4n) is 2.33. The molecule has 2 atom stereocenters. The standard InChI is InChI=1S/C20H32N2O4/c1-13(2)11-18(22-20(24)26-14(3)4)19(23)21-16(6)12-25-17-9-7-15(5)8-10-17/h7-10,13-14,16,18H,11-12H2,1-6H3,(H,21,23)(H,22,24). The Bertz CT molecular complexity index is 570. The molecule has 0 radical (unpaired) electrons. The summed E-state index contributed by atoms with van der Waals surface area (Å²) in [6, 6.07) is 6.91. The van der Waals surface area contributed by atoms with E-state index in [1.54, 1.807) is 13.8 Å². The van der Waals surface area contributed by atoms with Crippen LogP contribution in [0.4, 0.5) is 4.79 Å². The molecule has 0 saturated heterocycles. The minimum atomic E-state index is -0.636. The van der Waals surface area contributed by atoms with Crippen molar-refractivity contribution < 1.29 is 19.1 Å². The number of hydrogen-bond donors (Lipinski definition) is 2. The van der Waals surface area contributed by atoms with Crippen LogP contribution in [0.1, 0.15) is 46.6 Å². The highest BCUT2D eigenvalue weighted by Gasteiger charge is 2.24. The summed E-state index contributed by atoms with van der Waals surface area (Å²) in [6.45, 7) is 11.8. The predicted octanol–water partition coefficient (Wildman–Crippen LogP) is 3.43. The molecule has 1 aromatic rings. The minimum absolute atomic E-state index is 0.193. The average Bonchev–Trinajstić information content (AvgIpc) is 2.52. The molecule has 0 bridgehead atoms. The fourth-order valence-corrected chi connectivity index (χ4v) is 2.33. The maximum atomic E-state index is 12.5. The molecule has 2 N–H and O–H groups in total. The van der Waals surface area contributed by atoms with Crippen LogP contribution in [-0.2, 0) is 9.53 Å². The van der Waals surface area contributed by atoms with Crippen molar-refractivity contribution in [3.63, 3.8) is 0 Å². The van der Waals surface area contributed by atoms with Gasteiger partial charge in [0.2, 0.25) is 5.91 Å². The molecule has 1 rings (SSSR count). The SMILES string of the molecule is Cc1ccc(OCC(C)NC(=O)C(CC(C)C)NC(=O)OC(C)C)cc1. The highest BCUT2D eigenvalue weighted by atomic mass is 16.6. The van der Waals surface area contributed by atoms with Gasteiger partial charge in [-0.15, -0.1) is 0 Å². The molecule has 0 spiro atoms. The van der Waals surface area contributed by atoms with E-state index in [-0.39, 0.29) is 24.0 Å². The normalized spacial score (nSPS) is 13.2. The predicted molar refractivity (Wildman–Crippen MR) is 102 cm³/mol. The first-order valence-electron chi connectivity index (χ1n) is 9.14. The van der Waals surface area contributed by atoms with E-state index in [2.05, 4.69) is 10.6 Å². The lowest BCUT2D eigenvalue weighted by molar-refractivity contribution is -0.124. The number of benzene rings is 1. The number of nitrogens with one attached hydrogen (secondary N) is 2. The number of ether oxygens (including phenoxy) is 2. The first kappa shape index (κ1) is 21.8. The Morgan fingerprint density at radius 3 is 2.15 bits per heavy atom. The Morgan fingerprint density at radius 1 is 1.00 bits per heavy atom. The molecule has 6 nitrogen and oxygen atoms in total. The van der Waals surface area contributed by atoms with Gasteiger partial charge in [0.1, 0.15) is 18.4 Å². The van der Waals surface area contributed by atoms with Gasteiger partial charge in [-0.1, -0.05) is 31.5 Å². The molecule has 0 aliphatic carbocycles. The van der Waals surface area contributed by atoms with Crippen molar-refractivity contribution >= 4 is 12.0 Å². The lowest BCUT2D eigenvalue weighted by atomic mass is 10.0. The van der Waals surface area contributed by atoms with Crippen LogP contribution in [0.5, 0.6) is 5.75 Å². The molecule has 0 aliphatic rings. The topological polar surface area (TPSA) is 76.7 Å². The van der Waals surface area contributed by atoms with Gasteiger partial charge in [-0.2, -0.15) is 0 Å². The number of rotatable bonds is 9. The van der Waals surface area contributed by atoms with E-state index in [0.717, 1.165) is 11.3 Å². The van der Waals surface area contributed by atoms with Crippen molar-refractivity contribution in [1.82, 2.24) is 10.6 Å². The Balaban J connectivity index is 2.54. The average molecular weight is 364 g/mol. The second-order valence-corrected chi connectivity index (χ2v) is 7.31. The van der Waals surface area contributed by atoms with E-state index in [1.165, 1.54) is 0 Å². The quantitative estimate of drug-likeness (QED) is 0.704. The maximum Gasteiger partial charge on any atom is 0.408 e. The molecule has 0 aliphatic heterocycles. The molecular formula is C20H32N2O4. The number of carbonyl (C=O) groups is 2. The van der Waals surface area contributed by atoms with Crippen molar-refractivity contribution in [2.75, 3.05) is 6.61 Å². The zero-order chi connectivity index (χ0) is 19.7. The Morgan fingerprint density at radius 2 is 1.62 bits per heavy atom. The second kappa shape index (κ2) is 10.7. The van der Waals surface area contributed by atoms with Gasteiger partial charge < -0.3 is 20.1 Å². The van der Waals surface area contributed by atoms with Gasteiger partial charge >= 0.3 is 6.09 Å². The molecule has 0 aromatic heterocycles. The Hall–Kier alpha value is -2.24. The zero-order valence-electron chi connectivity index (χ0n) is 16.7. The van der Waals surface area contributed by atoms with Crippen molar-refractivity contribution in [3.8, 4) is 5.75 Å². The van der Waals surface area contributed by atoms with Gasteiger partial charge in [0.05, 0.1) is 12.1 Å². The Labute approximate surface area is 156 Å². The van der Waals surface area contributed by atoms with E-state index in [0.29, 0.717) is 13.0 Å². The molecule has 1 aromatic carbocycles. The second-order valence-electron chi connectivity index (χ2n) is 7.31. The lowest BCUT2D eigenvalue weighted by Crippen LogP contribution is -2.51. The third-order valence-corrected chi connectivity index (χ3v) is 3.57.